The fourth-order valence-electron chi connectivity index (χ4n) is 3.55. The molecule has 1 aromatic heterocycles. The number of oxime groups is 1. The summed E-state index contributed by atoms with van der Waals surface area (Å²) in [5.41, 5.74) is -1.42. The monoisotopic (exact) mass is 521 g/mol. The Hall–Kier alpha value is -3.93. The fraction of sp³-hybridized carbons (Fsp3) is 0.208. The zero-order valence-corrected chi connectivity index (χ0v) is 20.2. The second kappa shape index (κ2) is 9.97. The lowest BCUT2D eigenvalue weighted by atomic mass is 10.0. The molecule has 0 aliphatic heterocycles. The first-order valence-corrected chi connectivity index (χ1v) is 12.3. The summed E-state index contributed by atoms with van der Waals surface area (Å²) in [5.74, 6) is -0.820. The number of benzene rings is 2. The van der Waals surface area contributed by atoms with Crippen LogP contribution in [0.3, 0.4) is 0 Å². The molecule has 0 radical (unpaired) electrons. The van der Waals surface area contributed by atoms with Crippen LogP contribution in [0.4, 0.5) is 13.2 Å². The number of carbonyl (C=O) groups is 1. The highest BCUT2D eigenvalue weighted by atomic mass is 32.2. The Morgan fingerprint density at radius 2 is 1.72 bits per heavy atom. The van der Waals surface area contributed by atoms with E-state index in [9.17, 15) is 36.4 Å². The summed E-state index contributed by atoms with van der Waals surface area (Å²) < 4.78 is 64.0. The van der Waals surface area contributed by atoms with E-state index >= 15 is 0 Å². The van der Waals surface area contributed by atoms with E-state index in [1.54, 1.807) is 0 Å². The number of aromatic nitrogens is 1. The number of nitrogens with zero attached hydrogens (tertiary/aromatic N) is 2. The maximum atomic E-state index is 13.3. The lowest BCUT2D eigenvalue weighted by molar-refractivity contribution is -0.137. The summed E-state index contributed by atoms with van der Waals surface area (Å²) in [5, 5.41) is 14.9. The van der Waals surface area contributed by atoms with E-state index < -0.39 is 33.0 Å². The Bertz CT molecular complexity index is 1510. The third-order valence-electron chi connectivity index (χ3n) is 5.47. The molecular weight excluding hydrogens is 499 g/mol. The second-order valence-electron chi connectivity index (χ2n) is 8.03. The van der Waals surface area contributed by atoms with Gasteiger partial charge in [-0.1, -0.05) is 23.4 Å². The largest absolute Gasteiger partial charge is 0.416 e. The molecule has 3 aromatic rings. The standard InChI is InChI=1S/C24H22F3N3O5S/c1-14(29-33)20-12-21(22(31)28-13-16-7-9-19(10-8-16)36(3,34)35)23(32)30(15(20)2)18-6-4-5-17(11-18)24(25,26)27/h4-12,33H,13H2,1-3H3,(H,28,31)/b29-14+. The average Bonchev–Trinajstić information content (AvgIpc) is 2.81. The minimum absolute atomic E-state index is 0.0404. The molecule has 0 bridgehead atoms. The van der Waals surface area contributed by atoms with Crippen LogP contribution in [0.25, 0.3) is 5.69 Å². The van der Waals surface area contributed by atoms with Crippen molar-refractivity contribution in [3.8, 4) is 5.69 Å². The van der Waals surface area contributed by atoms with Crippen molar-refractivity contribution in [2.24, 2.45) is 5.16 Å². The van der Waals surface area contributed by atoms with Crippen LogP contribution >= 0.6 is 0 Å². The maximum Gasteiger partial charge on any atom is 0.416 e. The van der Waals surface area contributed by atoms with Crippen molar-refractivity contribution in [3.63, 3.8) is 0 Å². The number of sulfone groups is 1. The molecule has 8 nitrogen and oxygen atoms in total. The number of nitrogens with one attached hydrogen (secondary N) is 1. The molecule has 0 spiro atoms. The molecule has 0 aliphatic rings. The lowest BCUT2D eigenvalue weighted by Gasteiger charge is -2.17. The summed E-state index contributed by atoms with van der Waals surface area (Å²) in [6.45, 7) is 2.81. The van der Waals surface area contributed by atoms with Crippen molar-refractivity contribution in [3.05, 3.63) is 92.9 Å². The highest BCUT2D eigenvalue weighted by molar-refractivity contribution is 7.90. The number of pyridine rings is 1. The van der Waals surface area contributed by atoms with Crippen molar-refractivity contribution < 1.29 is 31.6 Å². The summed E-state index contributed by atoms with van der Waals surface area (Å²) in [7, 11) is -3.40. The van der Waals surface area contributed by atoms with E-state index in [1.165, 1.54) is 50.2 Å². The van der Waals surface area contributed by atoms with E-state index in [2.05, 4.69) is 10.5 Å². The Labute approximate surface area is 204 Å². The molecule has 0 atom stereocenters. The van der Waals surface area contributed by atoms with Gasteiger partial charge in [0.25, 0.3) is 11.5 Å². The highest BCUT2D eigenvalue weighted by Gasteiger charge is 2.31. The number of amides is 1. The number of hydrogen-bond donors (Lipinski definition) is 2. The first-order chi connectivity index (χ1) is 16.7. The lowest BCUT2D eigenvalue weighted by Crippen LogP contribution is -2.34. The van der Waals surface area contributed by atoms with Gasteiger partial charge in [-0.25, -0.2) is 8.42 Å². The molecule has 1 amide bonds. The van der Waals surface area contributed by atoms with Crippen molar-refractivity contribution in [1.82, 2.24) is 9.88 Å². The van der Waals surface area contributed by atoms with Gasteiger partial charge in [-0.2, -0.15) is 13.2 Å². The minimum Gasteiger partial charge on any atom is -0.411 e. The molecule has 0 fully saturated rings. The van der Waals surface area contributed by atoms with Gasteiger partial charge in [-0.15, -0.1) is 0 Å². The predicted molar refractivity (Wildman–Crippen MR) is 126 cm³/mol. The van der Waals surface area contributed by atoms with Crippen LogP contribution < -0.4 is 10.9 Å². The van der Waals surface area contributed by atoms with Gasteiger partial charge in [0.15, 0.2) is 9.84 Å². The molecule has 0 aliphatic carbocycles. The van der Waals surface area contributed by atoms with Crippen molar-refractivity contribution in [2.45, 2.75) is 31.5 Å². The van der Waals surface area contributed by atoms with E-state index in [-0.39, 0.29) is 39.7 Å². The van der Waals surface area contributed by atoms with Gasteiger partial charge in [-0.05, 0) is 55.8 Å². The van der Waals surface area contributed by atoms with Crippen LogP contribution in [-0.2, 0) is 22.6 Å². The maximum absolute atomic E-state index is 13.3. The SMILES string of the molecule is C/C(=N\O)c1cc(C(=O)NCc2ccc(S(C)(=O)=O)cc2)c(=O)n(-c2cccc(C(F)(F)F)c2)c1C. The Balaban J connectivity index is 2.05. The van der Waals surface area contributed by atoms with E-state index in [1.807, 2.05) is 0 Å². The predicted octanol–water partition coefficient (Wildman–Crippen LogP) is 3.70. The summed E-state index contributed by atoms with van der Waals surface area (Å²) >= 11 is 0. The van der Waals surface area contributed by atoms with Crippen molar-refractivity contribution in [1.29, 1.82) is 0 Å². The number of rotatable bonds is 6. The Kier molecular flexibility index (Phi) is 7.39. The third-order valence-corrected chi connectivity index (χ3v) is 6.60. The smallest absolute Gasteiger partial charge is 0.411 e. The molecule has 36 heavy (non-hydrogen) atoms. The molecule has 0 unspecified atom stereocenters. The quantitative estimate of drug-likeness (QED) is 0.291. The summed E-state index contributed by atoms with van der Waals surface area (Å²) in [6, 6.07) is 11.0. The topological polar surface area (TPSA) is 118 Å². The average molecular weight is 522 g/mol. The zero-order chi connectivity index (χ0) is 26.8. The van der Waals surface area contributed by atoms with Crippen LogP contribution in [0.5, 0.6) is 0 Å². The number of hydrogen-bond acceptors (Lipinski definition) is 6. The molecule has 2 aromatic carbocycles. The zero-order valence-electron chi connectivity index (χ0n) is 19.4. The first kappa shape index (κ1) is 26.7. The van der Waals surface area contributed by atoms with Crippen LogP contribution in [0, 0.1) is 6.92 Å². The third kappa shape index (κ3) is 5.65. The van der Waals surface area contributed by atoms with Gasteiger partial charge >= 0.3 is 6.18 Å². The van der Waals surface area contributed by atoms with Gasteiger partial charge < -0.3 is 10.5 Å². The van der Waals surface area contributed by atoms with E-state index in [0.29, 0.717) is 5.56 Å². The van der Waals surface area contributed by atoms with E-state index in [4.69, 9.17) is 0 Å². The fourth-order valence-corrected chi connectivity index (χ4v) is 4.18. The molecule has 190 valence electrons. The summed E-state index contributed by atoms with van der Waals surface area (Å²) in [4.78, 5) is 26.3. The summed E-state index contributed by atoms with van der Waals surface area (Å²) in [6.07, 6.45) is -3.59. The Morgan fingerprint density at radius 1 is 1.08 bits per heavy atom. The number of halogens is 3. The molecule has 12 heteroatoms. The Morgan fingerprint density at radius 3 is 2.28 bits per heavy atom. The van der Waals surface area contributed by atoms with Gasteiger partial charge in [0.05, 0.1) is 16.2 Å². The molecule has 0 saturated carbocycles. The van der Waals surface area contributed by atoms with Crippen LogP contribution in [0.1, 0.15) is 39.7 Å². The van der Waals surface area contributed by atoms with Crippen molar-refractivity contribution >= 4 is 21.5 Å². The minimum atomic E-state index is -4.65. The molecule has 0 saturated heterocycles. The van der Waals surface area contributed by atoms with Gasteiger partial charge in [0, 0.05) is 29.7 Å². The number of alkyl halides is 3. The molecule has 1 heterocycles. The van der Waals surface area contributed by atoms with Gasteiger partial charge in [-0.3, -0.25) is 14.2 Å². The van der Waals surface area contributed by atoms with Crippen molar-refractivity contribution in [2.75, 3.05) is 6.26 Å². The molecule has 3 rings (SSSR count). The molecule has 2 N–H and O–H groups in total. The number of carbonyl (C=O) groups excluding carboxylic acids is 1. The van der Waals surface area contributed by atoms with Crippen LogP contribution in [0.2, 0.25) is 0 Å². The van der Waals surface area contributed by atoms with Gasteiger partial charge in [0.1, 0.15) is 5.56 Å². The highest BCUT2D eigenvalue weighted by Crippen LogP contribution is 2.30. The van der Waals surface area contributed by atoms with Gasteiger partial charge in [0.2, 0.25) is 0 Å². The normalized spacial score (nSPS) is 12.4. The van der Waals surface area contributed by atoms with Crippen LogP contribution in [0.15, 0.2) is 69.4 Å². The molecular formula is C24H22F3N3O5S. The first-order valence-electron chi connectivity index (χ1n) is 10.4. The van der Waals surface area contributed by atoms with Crippen LogP contribution in [-0.4, -0.2) is 36.1 Å². The second-order valence-corrected chi connectivity index (χ2v) is 10.0. The van der Waals surface area contributed by atoms with E-state index in [0.717, 1.165) is 29.0 Å².